The first-order valence-corrected chi connectivity index (χ1v) is 25.3. The lowest BCUT2D eigenvalue weighted by Crippen LogP contribution is -2.59. The van der Waals surface area contributed by atoms with E-state index < -0.39 is 29.3 Å². The number of aliphatic hydroxyl groups excluding tert-OH is 1. The minimum absolute atomic E-state index is 0.111. The molecule has 2 aromatic heterocycles. The summed E-state index contributed by atoms with van der Waals surface area (Å²) in [6.45, 7) is 10.3. The molecular weight excluding hydrogens is 929 g/mol. The zero-order valence-electron chi connectivity index (χ0n) is 39.7. The fraction of sp³-hybridized carbons (Fsp3) is 0.377. The van der Waals surface area contributed by atoms with Gasteiger partial charge in [0.05, 0.1) is 42.5 Å². The molecule has 2 aliphatic heterocycles. The van der Waals surface area contributed by atoms with E-state index in [4.69, 9.17) is 9.47 Å². The number of aromatic hydroxyl groups is 2. The highest BCUT2D eigenvalue weighted by Gasteiger charge is 2.43. The molecule has 0 radical (unpaired) electrons. The van der Waals surface area contributed by atoms with Crippen molar-refractivity contribution >= 4 is 62.0 Å². The lowest BCUT2D eigenvalue weighted by molar-refractivity contribution is -0.145. The number of thiophene rings is 1. The molecule has 17 heteroatoms. The third-order valence-electron chi connectivity index (χ3n) is 13.1. The fourth-order valence-corrected chi connectivity index (χ4v) is 11.0. The van der Waals surface area contributed by atoms with E-state index in [0.717, 1.165) is 80.6 Å². The number of thiazole rings is 1. The Labute approximate surface area is 415 Å². The summed E-state index contributed by atoms with van der Waals surface area (Å²) in [6.07, 6.45) is 1.14. The van der Waals surface area contributed by atoms with Crippen LogP contribution >= 0.6 is 22.7 Å². The van der Waals surface area contributed by atoms with Gasteiger partial charge in [0.25, 0.3) is 0 Å². The molecule has 0 aliphatic carbocycles. The summed E-state index contributed by atoms with van der Waals surface area (Å²) in [4.78, 5) is 67.0. The monoisotopic (exact) mass is 988 g/mol. The van der Waals surface area contributed by atoms with Crippen LogP contribution in [0.3, 0.4) is 0 Å². The molecule has 1 unspecified atom stereocenters. The molecule has 0 bridgehead atoms. The first-order chi connectivity index (χ1) is 33.8. The van der Waals surface area contributed by atoms with Crippen LogP contribution < -0.4 is 15.5 Å². The number of amides is 3. The molecule has 4 aromatic carbocycles. The van der Waals surface area contributed by atoms with Crippen molar-refractivity contribution in [1.29, 1.82) is 0 Å². The quantitative estimate of drug-likeness (QED) is 0.0407. The summed E-state index contributed by atoms with van der Waals surface area (Å²) in [7, 11) is 0. The van der Waals surface area contributed by atoms with Gasteiger partial charge in [0, 0.05) is 83.0 Å². The van der Waals surface area contributed by atoms with E-state index in [1.54, 1.807) is 67.6 Å². The molecule has 2 saturated heterocycles. The van der Waals surface area contributed by atoms with Crippen molar-refractivity contribution in [3.63, 3.8) is 0 Å². The van der Waals surface area contributed by atoms with Crippen LogP contribution in [0.5, 0.6) is 11.5 Å². The molecule has 5 N–H and O–H groups in total. The van der Waals surface area contributed by atoms with Crippen molar-refractivity contribution in [2.45, 2.75) is 52.2 Å². The van der Waals surface area contributed by atoms with E-state index in [2.05, 4.69) is 25.4 Å². The standard InChI is InChI=1S/C53H60N6O9S2/c1-34-48(69-33-55-34)37-8-6-35(7-9-37)30-54-51(65)43-5-4-20-59(43)52(66)50(53(2,3)32-60)56-45(63)31-68-28-27-67-26-25-57-21-23-58(24-22-57)39-14-10-36(11-15-39)47(64)46-42-19-18-41(62)29-44(42)70-49(46)38-12-16-40(61)17-13-38/h6-19,29,33,43,50,60-62H,4-5,20-28,30-32H2,1-3H3,(H,54,65)(H,56,63)/t43?,50-/m1/s1. The van der Waals surface area contributed by atoms with E-state index in [0.29, 0.717) is 43.7 Å². The van der Waals surface area contributed by atoms with Crippen LogP contribution in [0, 0.1) is 12.3 Å². The van der Waals surface area contributed by atoms with Gasteiger partial charge >= 0.3 is 0 Å². The zero-order valence-corrected chi connectivity index (χ0v) is 41.3. The summed E-state index contributed by atoms with van der Waals surface area (Å²) in [5.41, 5.74) is 6.75. The van der Waals surface area contributed by atoms with Crippen LogP contribution in [0.25, 0.3) is 31.0 Å². The number of ether oxygens (including phenoxy) is 2. The first kappa shape index (κ1) is 50.2. The highest BCUT2D eigenvalue weighted by molar-refractivity contribution is 7.22. The van der Waals surface area contributed by atoms with Crippen molar-refractivity contribution in [2.75, 3.05) is 77.2 Å². The Kier molecular flexibility index (Phi) is 16.3. The van der Waals surface area contributed by atoms with Crippen molar-refractivity contribution in [3.05, 3.63) is 119 Å². The van der Waals surface area contributed by atoms with Gasteiger partial charge in [-0.2, -0.15) is 0 Å². The van der Waals surface area contributed by atoms with Gasteiger partial charge in [0.2, 0.25) is 17.7 Å². The number of fused-ring (bicyclic) bond motifs is 1. The second-order valence-electron chi connectivity index (χ2n) is 18.4. The molecule has 8 rings (SSSR count). The fourth-order valence-electron chi connectivity index (χ4n) is 8.92. The van der Waals surface area contributed by atoms with Crippen LogP contribution in [0.4, 0.5) is 5.69 Å². The van der Waals surface area contributed by atoms with E-state index in [1.807, 2.05) is 61.0 Å². The number of carbonyl (C=O) groups is 4. The molecule has 3 amide bonds. The number of ketones is 1. The molecule has 0 saturated carbocycles. The second kappa shape index (κ2) is 22.7. The van der Waals surface area contributed by atoms with Crippen LogP contribution in [0.15, 0.2) is 96.5 Å². The number of likely N-dealkylation sites (tertiary alicyclic amines) is 1. The Morgan fingerprint density at radius 3 is 2.21 bits per heavy atom. The van der Waals surface area contributed by atoms with Gasteiger partial charge in [-0.25, -0.2) is 4.98 Å². The minimum atomic E-state index is -1.08. The zero-order chi connectivity index (χ0) is 49.4. The molecule has 15 nitrogen and oxygen atoms in total. The van der Waals surface area contributed by atoms with E-state index in [1.165, 1.54) is 16.2 Å². The number of aliphatic hydroxyl groups is 1. The average molecular weight is 989 g/mol. The summed E-state index contributed by atoms with van der Waals surface area (Å²) < 4.78 is 12.3. The van der Waals surface area contributed by atoms with E-state index in [-0.39, 0.29) is 49.6 Å². The van der Waals surface area contributed by atoms with E-state index in [9.17, 15) is 34.5 Å². The van der Waals surface area contributed by atoms with Crippen LogP contribution in [0.2, 0.25) is 0 Å². The SMILES string of the molecule is Cc1ncsc1-c1ccc(CNC(=O)C2CCCN2C(=O)[C@@H](NC(=O)COCCOCCN2CCN(c3ccc(C(=O)c4c(-c5ccc(O)cc5)sc5cc(O)ccc45)cc3)CC2)C(C)(C)CO)cc1. The van der Waals surface area contributed by atoms with Crippen LogP contribution in [0.1, 0.15) is 53.9 Å². The lowest BCUT2D eigenvalue weighted by Gasteiger charge is -2.36. The minimum Gasteiger partial charge on any atom is -0.508 e. The number of hydrogen-bond acceptors (Lipinski definition) is 14. The van der Waals surface area contributed by atoms with Gasteiger partial charge < -0.3 is 45.2 Å². The number of anilines is 1. The number of phenols is 2. The molecule has 70 heavy (non-hydrogen) atoms. The van der Waals surface area contributed by atoms with Gasteiger partial charge in [-0.1, -0.05) is 38.1 Å². The highest BCUT2D eigenvalue weighted by Crippen LogP contribution is 2.42. The molecule has 2 aliphatic rings. The lowest BCUT2D eigenvalue weighted by atomic mass is 9.84. The Morgan fingerprint density at radius 1 is 0.829 bits per heavy atom. The number of nitrogens with one attached hydrogen (secondary N) is 2. The van der Waals surface area contributed by atoms with Crippen molar-refractivity contribution in [3.8, 4) is 32.4 Å². The van der Waals surface area contributed by atoms with Gasteiger partial charge in [0.15, 0.2) is 5.78 Å². The number of piperazine rings is 1. The average Bonchev–Trinajstić information content (AvgIpc) is 4.14. The number of aromatic nitrogens is 1. The molecule has 2 atom stereocenters. The maximum Gasteiger partial charge on any atom is 0.246 e. The number of rotatable bonds is 20. The molecule has 2 fully saturated rings. The predicted octanol–water partition coefficient (Wildman–Crippen LogP) is 6.61. The second-order valence-corrected chi connectivity index (χ2v) is 20.3. The number of hydrogen-bond donors (Lipinski definition) is 5. The number of nitrogens with zero attached hydrogens (tertiary/aromatic N) is 4. The molecule has 368 valence electrons. The number of carbonyl (C=O) groups excluding carboxylic acids is 4. The topological polar surface area (TPSA) is 194 Å². The third kappa shape index (κ3) is 11.9. The molecule has 0 spiro atoms. The maximum absolute atomic E-state index is 14.1. The first-order valence-electron chi connectivity index (χ1n) is 23.6. The summed E-state index contributed by atoms with van der Waals surface area (Å²) in [5, 5.41) is 36.8. The number of aryl methyl sites for hydroxylation is 1. The summed E-state index contributed by atoms with van der Waals surface area (Å²) in [6, 6.07) is 25.7. The van der Waals surface area contributed by atoms with Crippen molar-refractivity contribution < 1.29 is 44.0 Å². The summed E-state index contributed by atoms with van der Waals surface area (Å²) in [5.74, 6) is -1.03. The number of benzene rings is 4. The number of phenolic OH excluding ortho intramolecular Hbond substituents is 2. The Morgan fingerprint density at radius 2 is 1.51 bits per heavy atom. The van der Waals surface area contributed by atoms with Gasteiger partial charge in [0.1, 0.15) is 30.2 Å². The summed E-state index contributed by atoms with van der Waals surface area (Å²) >= 11 is 3.01. The van der Waals surface area contributed by atoms with Gasteiger partial charge in [-0.3, -0.25) is 24.1 Å². The molecule has 4 heterocycles. The van der Waals surface area contributed by atoms with Crippen molar-refractivity contribution in [2.24, 2.45) is 5.41 Å². The van der Waals surface area contributed by atoms with E-state index >= 15 is 0 Å². The molecule has 6 aromatic rings. The Hall–Kier alpha value is -6.21. The normalized spacial score (nSPS) is 15.9. The smallest absolute Gasteiger partial charge is 0.246 e. The maximum atomic E-state index is 14.1. The van der Waals surface area contributed by atoms with Gasteiger partial charge in [-0.15, -0.1) is 22.7 Å². The molecular formula is C53H60N6O9S2. The largest absolute Gasteiger partial charge is 0.508 e. The Bertz CT molecular complexity index is 2770. The van der Waals surface area contributed by atoms with Crippen molar-refractivity contribution in [1.82, 2.24) is 25.4 Å². The van der Waals surface area contributed by atoms with Gasteiger partial charge in [-0.05, 0) is 103 Å². The third-order valence-corrected chi connectivity index (χ3v) is 15.2. The highest BCUT2D eigenvalue weighted by atomic mass is 32.1. The van der Waals surface area contributed by atoms with Crippen LogP contribution in [-0.2, 0) is 30.4 Å². The predicted molar refractivity (Wildman–Crippen MR) is 272 cm³/mol. The Balaban J connectivity index is 0.741. The van der Waals surface area contributed by atoms with Crippen LogP contribution in [-0.4, -0.2) is 138 Å².